The van der Waals surface area contributed by atoms with E-state index in [1.807, 2.05) is 14.1 Å². The Morgan fingerprint density at radius 2 is 1.94 bits per heavy atom. The van der Waals surface area contributed by atoms with Crippen LogP contribution in [0.15, 0.2) is 18.2 Å². The van der Waals surface area contributed by atoms with Crippen LogP contribution in [0, 0.1) is 17.6 Å². The van der Waals surface area contributed by atoms with Crippen LogP contribution in [0.25, 0.3) is 0 Å². The van der Waals surface area contributed by atoms with Crippen LogP contribution in [-0.4, -0.2) is 32.1 Å². The van der Waals surface area contributed by atoms with Gasteiger partial charge in [-0.25, -0.2) is 8.78 Å². The summed E-state index contributed by atoms with van der Waals surface area (Å²) in [5, 5.41) is 3.14. The van der Waals surface area contributed by atoms with Crippen LogP contribution in [0.4, 0.5) is 8.78 Å². The Balaban J connectivity index is 2.29. The van der Waals surface area contributed by atoms with Gasteiger partial charge in [0.1, 0.15) is 11.6 Å². The Kier molecular flexibility index (Phi) is 3.74. The molecule has 1 aromatic carbocycles. The predicted molar refractivity (Wildman–Crippen MR) is 63.8 cm³/mol. The average Bonchev–Trinajstić information content (AvgIpc) is 2.59. The molecule has 2 atom stereocenters. The minimum absolute atomic E-state index is 0.104. The SMILES string of the molecule is CNCC1CCN(C)C1c1cc(F)cc(F)c1. The molecule has 0 amide bonds. The van der Waals surface area contributed by atoms with E-state index in [4.69, 9.17) is 0 Å². The van der Waals surface area contributed by atoms with Crippen molar-refractivity contribution in [2.75, 3.05) is 27.2 Å². The molecule has 2 rings (SSSR count). The molecule has 94 valence electrons. The third-order valence-electron chi connectivity index (χ3n) is 3.47. The normalized spacial score (nSPS) is 25.4. The fourth-order valence-electron chi connectivity index (χ4n) is 2.77. The number of nitrogens with one attached hydrogen (secondary N) is 1. The minimum atomic E-state index is -0.497. The van der Waals surface area contributed by atoms with E-state index < -0.39 is 11.6 Å². The topological polar surface area (TPSA) is 15.3 Å². The van der Waals surface area contributed by atoms with Gasteiger partial charge in [-0.15, -0.1) is 0 Å². The van der Waals surface area contributed by atoms with Crippen molar-refractivity contribution in [2.45, 2.75) is 12.5 Å². The maximum Gasteiger partial charge on any atom is 0.126 e. The summed E-state index contributed by atoms with van der Waals surface area (Å²) in [6.07, 6.45) is 1.06. The number of likely N-dealkylation sites (tertiary alicyclic amines) is 1. The Morgan fingerprint density at radius 3 is 2.53 bits per heavy atom. The maximum absolute atomic E-state index is 13.2. The quantitative estimate of drug-likeness (QED) is 0.871. The van der Waals surface area contributed by atoms with E-state index in [0.29, 0.717) is 5.92 Å². The zero-order chi connectivity index (χ0) is 12.4. The third kappa shape index (κ3) is 2.64. The molecule has 0 radical (unpaired) electrons. The highest BCUT2D eigenvalue weighted by Crippen LogP contribution is 2.36. The molecule has 2 nitrogen and oxygen atoms in total. The number of nitrogens with zero attached hydrogens (tertiary/aromatic N) is 1. The lowest BCUT2D eigenvalue weighted by atomic mass is 9.93. The first kappa shape index (κ1) is 12.5. The highest BCUT2D eigenvalue weighted by molar-refractivity contribution is 5.23. The van der Waals surface area contributed by atoms with Crippen LogP contribution in [-0.2, 0) is 0 Å². The van der Waals surface area contributed by atoms with Crippen LogP contribution in [0.3, 0.4) is 0 Å². The second-order valence-electron chi connectivity index (χ2n) is 4.73. The highest BCUT2D eigenvalue weighted by Gasteiger charge is 2.32. The maximum atomic E-state index is 13.2. The summed E-state index contributed by atoms with van der Waals surface area (Å²) >= 11 is 0. The molecule has 0 bridgehead atoms. The van der Waals surface area contributed by atoms with Gasteiger partial charge in [0.15, 0.2) is 0 Å². The van der Waals surface area contributed by atoms with Crippen LogP contribution in [0.2, 0.25) is 0 Å². The highest BCUT2D eigenvalue weighted by atomic mass is 19.1. The molecule has 0 saturated carbocycles. The molecule has 1 aliphatic heterocycles. The van der Waals surface area contributed by atoms with Crippen molar-refractivity contribution in [3.63, 3.8) is 0 Å². The zero-order valence-corrected chi connectivity index (χ0v) is 10.2. The lowest BCUT2D eigenvalue weighted by Crippen LogP contribution is -2.27. The lowest BCUT2D eigenvalue weighted by Gasteiger charge is -2.25. The van der Waals surface area contributed by atoms with Gasteiger partial charge in [0.05, 0.1) is 0 Å². The van der Waals surface area contributed by atoms with E-state index in [2.05, 4.69) is 10.2 Å². The van der Waals surface area contributed by atoms with E-state index in [9.17, 15) is 8.78 Å². The van der Waals surface area contributed by atoms with Gasteiger partial charge in [-0.2, -0.15) is 0 Å². The first-order valence-electron chi connectivity index (χ1n) is 5.92. The molecule has 1 fully saturated rings. The summed E-state index contributed by atoms with van der Waals surface area (Å²) in [6, 6.07) is 3.91. The van der Waals surface area contributed by atoms with E-state index >= 15 is 0 Å². The van der Waals surface area contributed by atoms with Crippen molar-refractivity contribution in [2.24, 2.45) is 5.92 Å². The zero-order valence-electron chi connectivity index (χ0n) is 10.2. The lowest BCUT2D eigenvalue weighted by molar-refractivity contribution is 0.273. The minimum Gasteiger partial charge on any atom is -0.319 e. The van der Waals surface area contributed by atoms with Crippen molar-refractivity contribution in [1.29, 1.82) is 0 Å². The van der Waals surface area contributed by atoms with Crippen molar-refractivity contribution in [3.8, 4) is 0 Å². The molecule has 1 saturated heterocycles. The summed E-state index contributed by atoms with van der Waals surface area (Å²) in [7, 11) is 3.91. The standard InChI is InChI=1S/C13H18F2N2/c1-16-8-9-3-4-17(2)13(9)10-5-11(14)7-12(15)6-10/h5-7,9,13,16H,3-4,8H2,1-2H3. The van der Waals surface area contributed by atoms with Crippen molar-refractivity contribution < 1.29 is 8.78 Å². The Morgan fingerprint density at radius 1 is 1.29 bits per heavy atom. The van der Waals surface area contributed by atoms with Crippen LogP contribution in [0.5, 0.6) is 0 Å². The second-order valence-corrected chi connectivity index (χ2v) is 4.73. The number of rotatable bonds is 3. The smallest absolute Gasteiger partial charge is 0.126 e. The predicted octanol–water partition coefficient (Wildman–Crippen LogP) is 2.18. The molecule has 0 spiro atoms. The largest absolute Gasteiger partial charge is 0.319 e. The Labute approximate surface area is 101 Å². The monoisotopic (exact) mass is 240 g/mol. The molecule has 1 heterocycles. The Hall–Kier alpha value is -1.00. The van der Waals surface area contributed by atoms with Crippen molar-refractivity contribution >= 4 is 0 Å². The molecular weight excluding hydrogens is 222 g/mol. The Bertz CT molecular complexity index is 373. The fourth-order valence-corrected chi connectivity index (χ4v) is 2.77. The molecule has 1 aliphatic rings. The molecule has 2 unspecified atom stereocenters. The number of halogens is 2. The summed E-state index contributed by atoms with van der Waals surface area (Å²) in [5.74, 6) is -0.585. The number of hydrogen-bond donors (Lipinski definition) is 1. The molecule has 17 heavy (non-hydrogen) atoms. The van der Waals surface area contributed by atoms with Gasteiger partial charge >= 0.3 is 0 Å². The second kappa shape index (κ2) is 5.10. The van der Waals surface area contributed by atoms with E-state index in [-0.39, 0.29) is 6.04 Å². The van der Waals surface area contributed by atoms with Crippen LogP contribution >= 0.6 is 0 Å². The number of hydrogen-bond acceptors (Lipinski definition) is 2. The van der Waals surface area contributed by atoms with Gasteiger partial charge in [0.2, 0.25) is 0 Å². The molecule has 1 aromatic rings. The van der Waals surface area contributed by atoms with Gasteiger partial charge < -0.3 is 5.32 Å². The molecule has 0 aliphatic carbocycles. The summed E-state index contributed by atoms with van der Waals surface area (Å²) in [4.78, 5) is 2.16. The van der Waals surface area contributed by atoms with Gasteiger partial charge in [0, 0.05) is 12.1 Å². The van der Waals surface area contributed by atoms with E-state index in [0.717, 1.165) is 31.1 Å². The van der Waals surface area contributed by atoms with Gasteiger partial charge in [0.25, 0.3) is 0 Å². The number of benzene rings is 1. The third-order valence-corrected chi connectivity index (χ3v) is 3.47. The first-order chi connectivity index (χ1) is 8.11. The van der Waals surface area contributed by atoms with E-state index in [1.165, 1.54) is 12.1 Å². The van der Waals surface area contributed by atoms with Gasteiger partial charge in [-0.1, -0.05) is 0 Å². The summed E-state index contributed by atoms with van der Waals surface area (Å²) in [6.45, 7) is 1.84. The van der Waals surface area contributed by atoms with Gasteiger partial charge in [-0.05, 0) is 57.2 Å². The van der Waals surface area contributed by atoms with Crippen molar-refractivity contribution in [1.82, 2.24) is 10.2 Å². The average molecular weight is 240 g/mol. The van der Waals surface area contributed by atoms with Gasteiger partial charge in [-0.3, -0.25) is 4.90 Å². The van der Waals surface area contributed by atoms with Crippen LogP contribution in [0.1, 0.15) is 18.0 Å². The molecular formula is C13H18F2N2. The molecule has 4 heteroatoms. The molecule has 0 aromatic heterocycles. The van der Waals surface area contributed by atoms with Crippen molar-refractivity contribution in [3.05, 3.63) is 35.4 Å². The summed E-state index contributed by atoms with van der Waals surface area (Å²) < 4.78 is 26.5. The first-order valence-corrected chi connectivity index (χ1v) is 5.92. The fraction of sp³-hybridized carbons (Fsp3) is 0.538. The van der Waals surface area contributed by atoms with E-state index in [1.54, 1.807) is 0 Å². The summed E-state index contributed by atoms with van der Waals surface area (Å²) in [5.41, 5.74) is 0.739. The van der Waals surface area contributed by atoms with Crippen LogP contribution < -0.4 is 5.32 Å². The molecule has 1 N–H and O–H groups in total.